The minimum absolute atomic E-state index is 0. The molecule has 9 rings (SSSR count). The Hall–Kier alpha value is -5.23. The van der Waals surface area contributed by atoms with Crippen molar-refractivity contribution in [1.82, 2.24) is 48.9 Å². The molecule has 254 valence electrons. The molecule has 0 unspecified atom stereocenters. The van der Waals surface area contributed by atoms with Crippen molar-refractivity contribution in [1.29, 1.82) is 0 Å². The quantitative estimate of drug-likeness (QED) is 0.185. The third kappa shape index (κ3) is 5.90. The van der Waals surface area contributed by atoms with E-state index in [1.54, 1.807) is 6.20 Å². The fourth-order valence-electron chi connectivity index (χ4n) is 7.60. The van der Waals surface area contributed by atoms with Crippen molar-refractivity contribution in [3.8, 4) is 0 Å². The maximum absolute atomic E-state index is 12.7. The Morgan fingerprint density at radius 3 is 1.98 bits per heavy atom. The molecule has 6 aromatic heterocycles. The maximum atomic E-state index is 12.7. The number of carbonyl (C=O) groups excluding carboxylic acids is 1. The van der Waals surface area contributed by atoms with Gasteiger partial charge in [-0.1, -0.05) is 64.4 Å². The van der Waals surface area contributed by atoms with Crippen molar-refractivity contribution in [2.24, 2.45) is 11.8 Å². The first-order valence-electron chi connectivity index (χ1n) is 16.9. The Morgan fingerprint density at radius 2 is 1.37 bits per heavy atom. The number of carbonyl (C=O) groups is 1. The molecule has 12 heteroatoms. The summed E-state index contributed by atoms with van der Waals surface area (Å²) in [7, 11) is 0. The highest BCUT2D eigenvalue weighted by atomic mass is 16.6. The van der Waals surface area contributed by atoms with E-state index in [2.05, 4.69) is 63.9 Å². The molecule has 0 aliphatic carbocycles. The number of hydrogen-bond donors (Lipinski definition) is 3. The van der Waals surface area contributed by atoms with Crippen molar-refractivity contribution in [3.05, 3.63) is 96.6 Å². The van der Waals surface area contributed by atoms with Gasteiger partial charge in [0.05, 0.1) is 23.4 Å². The number of benzene rings is 1. The molecule has 1 amide bonds. The Bertz CT molecular complexity index is 2180. The highest BCUT2D eigenvalue weighted by Crippen LogP contribution is 2.36. The van der Waals surface area contributed by atoms with Crippen molar-refractivity contribution in [3.63, 3.8) is 0 Å². The molecule has 1 aromatic carbocycles. The van der Waals surface area contributed by atoms with Crippen LogP contribution >= 0.6 is 0 Å². The molecule has 0 saturated carbocycles. The number of imidazole rings is 2. The topological polar surface area (TPSA) is 134 Å². The first kappa shape index (κ1) is 32.3. The monoisotopic (exact) mass is 660 g/mol. The van der Waals surface area contributed by atoms with Crippen LogP contribution in [0.1, 0.15) is 62.9 Å². The summed E-state index contributed by atoms with van der Waals surface area (Å²) in [5, 5.41) is 3.50. The SMILES string of the molecule is C.CC[C@@H]1CN(C(=O)OCc2ccccc2)C[C@@H]1c1cnc2cnc3[nH]ccc3n12.CC[C@@H]1CNC[C@@H]1c1cnc2cnc3[nH]ccc3n12. The van der Waals surface area contributed by atoms with E-state index in [-0.39, 0.29) is 19.4 Å². The molecule has 2 saturated heterocycles. The number of amides is 1. The molecule has 2 fully saturated rings. The second kappa shape index (κ2) is 13.7. The van der Waals surface area contributed by atoms with E-state index in [0.29, 0.717) is 37.5 Å². The first-order chi connectivity index (χ1) is 23.6. The summed E-state index contributed by atoms with van der Waals surface area (Å²) in [4.78, 5) is 38.8. The van der Waals surface area contributed by atoms with Gasteiger partial charge in [-0.2, -0.15) is 0 Å². The second-order valence-corrected chi connectivity index (χ2v) is 12.8. The fourth-order valence-corrected chi connectivity index (χ4v) is 7.60. The van der Waals surface area contributed by atoms with Gasteiger partial charge in [0.25, 0.3) is 0 Å². The van der Waals surface area contributed by atoms with Gasteiger partial charge in [-0.25, -0.2) is 24.7 Å². The van der Waals surface area contributed by atoms with Crippen LogP contribution in [-0.2, 0) is 11.3 Å². The number of aromatic amines is 2. The summed E-state index contributed by atoms with van der Waals surface area (Å²) in [6.45, 7) is 8.21. The Labute approximate surface area is 285 Å². The highest BCUT2D eigenvalue weighted by Gasteiger charge is 2.38. The van der Waals surface area contributed by atoms with Crippen LogP contribution in [0.4, 0.5) is 4.79 Å². The molecule has 4 atom stereocenters. The van der Waals surface area contributed by atoms with Gasteiger partial charge < -0.3 is 24.9 Å². The molecule has 49 heavy (non-hydrogen) atoms. The van der Waals surface area contributed by atoms with Gasteiger partial charge in [0, 0.05) is 67.6 Å². The molecule has 0 radical (unpaired) electrons. The first-order valence-corrected chi connectivity index (χ1v) is 16.9. The van der Waals surface area contributed by atoms with Crippen molar-refractivity contribution < 1.29 is 9.53 Å². The zero-order chi connectivity index (χ0) is 32.6. The summed E-state index contributed by atoms with van der Waals surface area (Å²) in [6, 6.07) is 13.9. The van der Waals surface area contributed by atoms with Gasteiger partial charge in [0.15, 0.2) is 22.6 Å². The molecule has 0 spiro atoms. The van der Waals surface area contributed by atoms with Gasteiger partial charge in [0.1, 0.15) is 6.61 Å². The molecule has 0 bridgehead atoms. The molecule has 3 N–H and O–H groups in total. The van der Waals surface area contributed by atoms with Crippen LogP contribution in [-0.4, -0.2) is 75.9 Å². The van der Waals surface area contributed by atoms with Crippen LogP contribution in [0, 0.1) is 11.8 Å². The summed E-state index contributed by atoms with van der Waals surface area (Å²) in [6.07, 6.45) is 13.3. The predicted octanol–water partition coefficient (Wildman–Crippen LogP) is 6.53. The van der Waals surface area contributed by atoms with Gasteiger partial charge in [-0.3, -0.25) is 8.80 Å². The molecule has 12 nitrogen and oxygen atoms in total. The minimum atomic E-state index is -0.253. The summed E-state index contributed by atoms with van der Waals surface area (Å²) >= 11 is 0. The van der Waals surface area contributed by atoms with Gasteiger partial charge in [0.2, 0.25) is 0 Å². The van der Waals surface area contributed by atoms with E-state index < -0.39 is 0 Å². The van der Waals surface area contributed by atoms with Crippen molar-refractivity contribution in [2.45, 2.75) is 52.6 Å². The third-order valence-corrected chi connectivity index (χ3v) is 10.2. The minimum Gasteiger partial charge on any atom is -0.445 e. The third-order valence-electron chi connectivity index (χ3n) is 10.2. The molecular formula is C37H44N10O2. The number of fused-ring (bicyclic) bond motifs is 6. The lowest BCUT2D eigenvalue weighted by molar-refractivity contribution is 0.103. The second-order valence-electron chi connectivity index (χ2n) is 12.8. The Balaban J connectivity index is 0.000000164. The molecule has 8 heterocycles. The van der Waals surface area contributed by atoms with Gasteiger partial charge >= 0.3 is 6.09 Å². The summed E-state index contributed by atoms with van der Waals surface area (Å²) in [5.74, 6) is 1.81. The number of aromatic nitrogens is 8. The van der Waals surface area contributed by atoms with E-state index in [4.69, 9.17) is 4.74 Å². The zero-order valence-corrected chi connectivity index (χ0v) is 27.2. The number of nitrogens with one attached hydrogen (secondary N) is 3. The number of nitrogens with zero attached hydrogens (tertiary/aromatic N) is 7. The van der Waals surface area contributed by atoms with Crippen LogP contribution in [0.5, 0.6) is 0 Å². The fraction of sp³-hybridized carbons (Fsp3) is 0.378. The molecular weight excluding hydrogens is 616 g/mol. The Morgan fingerprint density at radius 1 is 0.755 bits per heavy atom. The largest absolute Gasteiger partial charge is 0.445 e. The molecule has 7 aromatic rings. The predicted molar refractivity (Wildman–Crippen MR) is 191 cm³/mol. The Kier molecular flexibility index (Phi) is 9.05. The molecule has 2 aliphatic rings. The van der Waals surface area contributed by atoms with E-state index in [1.807, 2.05) is 72.3 Å². The van der Waals surface area contributed by atoms with Gasteiger partial charge in [-0.15, -0.1) is 0 Å². The lowest BCUT2D eigenvalue weighted by Gasteiger charge is -2.16. The van der Waals surface area contributed by atoms with Crippen LogP contribution < -0.4 is 5.32 Å². The number of hydrogen-bond acceptors (Lipinski definition) is 7. The number of rotatable bonds is 6. The standard InChI is InChI=1S/C22H23N5O2.C14H17N5.CH4/c1-2-16-12-26(22(28)29-14-15-6-4-3-5-7-15)13-17(16)19-10-24-20-11-25-21-18(27(19)20)8-9-23-21;1-2-9-5-15-6-10(9)12-7-17-13-8-18-14-11(19(12)13)3-4-16-14;/h3-11,16-17,23H,2,12-14H2,1H3;3-4,7-10,15-16H,2,5-6H2,1H3;1H4/t16-,17+;9-,10+;/m11./s1. The van der Waals surface area contributed by atoms with Crippen LogP contribution in [0.15, 0.2) is 79.6 Å². The van der Waals surface area contributed by atoms with E-state index in [1.165, 1.54) is 12.1 Å². The smallest absolute Gasteiger partial charge is 0.410 e. The molecule has 2 aliphatic heterocycles. The number of likely N-dealkylation sites (tertiary alicyclic amines) is 1. The number of ether oxygens (including phenoxy) is 1. The van der Waals surface area contributed by atoms with Crippen LogP contribution in [0.25, 0.3) is 33.6 Å². The van der Waals surface area contributed by atoms with Crippen molar-refractivity contribution in [2.75, 3.05) is 26.2 Å². The lowest BCUT2D eigenvalue weighted by Crippen LogP contribution is -2.29. The average Bonchev–Trinajstić information content (AvgIpc) is 3.97. The van der Waals surface area contributed by atoms with E-state index in [9.17, 15) is 4.79 Å². The van der Waals surface area contributed by atoms with Crippen molar-refractivity contribution >= 4 is 39.7 Å². The average molecular weight is 661 g/mol. The zero-order valence-electron chi connectivity index (χ0n) is 27.2. The van der Waals surface area contributed by atoms with E-state index in [0.717, 1.165) is 64.4 Å². The normalized spacial score (nSPS) is 20.6. The van der Waals surface area contributed by atoms with Crippen LogP contribution in [0.2, 0.25) is 0 Å². The summed E-state index contributed by atoms with van der Waals surface area (Å²) < 4.78 is 9.97. The van der Waals surface area contributed by atoms with Crippen LogP contribution in [0.3, 0.4) is 0 Å². The number of H-pyrrole nitrogens is 2. The highest BCUT2D eigenvalue weighted by molar-refractivity contribution is 5.76. The maximum Gasteiger partial charge on any atom is 0.410 e. The summed E-state index contributed by atoms with van der Waals surface area (Å²) in [5.41, 5.74) is 9.06. The van der Waals surface area contributed by atoms with Gasteiger partial charge in [-0.05, 0) is 36.1 Å². The lowest BCUT2D eigenvalue weighted by atomic mass is 9.91. The van der Waals surface area contributed by atoms with E-state index >= 15 is 0 Å².